The van der Waals surface area contributed by atoms with Crippen LogP contribution in [0.3, 0.4) is 0 Å². The summed E-state index contributed by atoms with van der Waals surface area (Å²) in [7, 11) is 0. The lowest BCUT2D eigenvalue weighted by molar-refractivity contribution is 0.0901. The highest BCUT2D eigenvalue weighted by molar-refractivity contribution is 6.08. The van der Waals surface area contributed by atoms with Crippen LogP contribution in [0.4, 0.5) is 0 Å². The maximum Gasteiger partial charge on any atom is 0.173 e. The van der Waals surface area contributed by atoms with Crippen LogP contribution in [-0.4, -0.2) is 5.78 Å². The quantitative estimate of drug-likeness (QED) is 0.348. The highest BCUT2D eigenvalue weighted by Crippen LogP contribution is 2.83. The predicted molar refractivity (Wildman–Crippen MR) is 127 cm³/mol. The zero-order valence-electron chi connectivity index (χ0n) is 17.8. The lowest BCUT2D eigenvalue weighted by atomic mass is 9.53. The van der Waals surface area contributed by atoms with Gasteiger partial charge in [-0.15, -0.1) is 0 Å². The van der Waals surface area contributed by atoms with Crippen LogP contribution in [0.25, 0.3) is 0 Å². The average Bonchev–Trinajstić information content (AvgIpc) is 3.42. The van der Waals surface area contributed by atoms with Gasteiger partial charge in [0.05, 0.1) is 5.41 Å². The number of ketones is 1. The van der Waals surface area contributed by atoms with Gasteiger partial charge in [0.15, 0.2) is 5.78 Å². The standard InChI is InChI=1S/C31H24O/c32-29(22-14-6-2-7-15-22)31-25-19-11-10-18-24(25)30(23-16-8-3-9-17-23)20-26(31)28(31)27(30)21-12-4-1-5-13-21/h1-19,26-28H,20H2/t26-,27-,28?,30+,31?/m1/s1. The van der Waals surface area contributed by atoms with Crippen LogP contribution in [0, 0.1) is 11.8 Å². The van der Waals surface area contributed by atoms with E-state index in [-0.39, 0.29) is 5.41 Å². The van der Waals surface area contributed by atoms with E-state index in [0.29, 0.717) is 23.5 Å². The summed E-state index contributed by atoms with van der Waals surface area (Å²) in [4.78, 5) is 14.2. The lowest BCUT2D eigenvalue weighted by Crippen LogP contribution is -2.46. The van der Waals surface area contributed by atoms with Gasteiger partial charge in [0.2, 0.25) is 0 Å². The molecule has 0 N–H and O–H groups in total. The van der Waals surface area contributed by atoms with E-state index >= 15 is 0 Å². The second kappa shape index (κ2) is 6.29. The molecule has 0 spiro atoms. The summed E-state index contributed by atoms with van der Waals surface area (Å²) in [6.45, 7) is 0. The number of Topliss-reactive ketones (excluding diaryl/α,β-unsaturated/α-hetero) is 1. The third-order valence-corrected chi connectivity index (χ3v) is 8.58. The largest absolute Gasteiger partial charge is 0.293 e. The summed E-state index contributed by atoms with van der Waals surface area (Å²) in [6.07, 6.45) is 1.04. The van der Waals surface area contributed by atoms with Crippen LogP contribution in [0.2, 0.25) is 0 Å². The van der Waals surface area contributed by atoms with Crippen molar-refractivity contribution in [2.75, 3.05) is 0 Å². The van der Waals surface area contributed by atoms with E-state index in [1.807, 2.05) is 30.3 Å². The fourth-order valence-corrected chi connectivity index (χ4v) is 7.55. The minimum atomic E-state index is -0.394. The van der Waals surface area contributed by atoms with Gasteiger partial charge >= 0.3 is 0 Å². The molecule has 2 saturated carbocycles. The van der Waals surface area contributed by atoms with Gasteiger partial charge in [0.25, 0.3) is 0 Å². The Kier molecular flexibility index (Phi) is 3.57. The number of fused-ring (bicyclic) bond motifs is 5. The highest BCUT2D eigenvalue weighted by atomic mass is 16.1. The van der Waals surface area contributed by atoms with E-state index in [1.165, 1.54) is 22.3 Å². The van der Waals surface area contributed by atoms with Crippen molar-refractivity contribution >= 4 is 5.78 Å². The Balaban J connectivity index is 1.53. The minimum Gasteiger partial charge on any atom is -0.293 e. The van der Waals surface area contributed by atoms with Crippen LogP contribution in [0.5, 0.6) is 0 Å². The number of hydrogen-bond acceptors (Lipinski definition) is 1. The predicted octanol–water partition coefficient (Wildman–Crippen LogP) is 6.54. The van der Waals surface area contributed by atoms with E-state index in [1.54, 1.807) is 0 Å². The Labute approximate surface area is 188 Å². The van der Waals surface area contributed by atoms with Crippen molar-refractivity contribution in [2.24, 2.45) is 11.8 Å². The van der Waals surface area contributed by atoms with Crippen LogP contribution >= 0.6 is 0 Å². The zero-order valence-corrected chi connectivity index (χ0v) is 17.8. The van der Waals surface area contributed by atoms with Crippen molar-refractivity contribution in [1.29, 1.82) is 0 Å². The normalized spacial score (nSPS) is 31.1. The second-order valence-electron chi connectivity index (χ2n) is 9.67. The molecule has 3 aliphatic rings. The van der Waals surface area contributed by atoms with Crippen molar-refractivity contribution in [3.8, 4) is 0 Å². The Morgan fingerprint density at radius 3 is 1.91 bits per heavy atom. The summed E-state index contributed by atoms with van der Waals surface area (Å²) in [5, 5.41) is 0. The topological polar surface area (TPSA) is 17.1 Å². The molecule has 0 heterocycles. The van der Waals surface area contributed by atoms with Gasteiger partial charge in [-0.25, -0.2) is 0 Å². The molecule has 4 aromatic carbocycles. The molecule has 0 aromatic heterocycles. The number of rotatable bonds is 4. The fraction of sp³-hybridized carbons (Fsp3) is 0.194. The van der Waals surface area contributed by atoms with Crippen molar-refractivity contribution in [2.45, 2.75) is 23.2 Å². The molecule has 0 radical (unpaired) electrons. The van der Waals surface area contributed by atoms with E-state index in [9.17, 15) is 4.79 Å². The first-order chi connectivity index (χ1) is 15.8. The Bertz CT molecular complexity index is 1330. The first-order valence-electron chi connectivity index (χ1n) is 11.6. The molecule has 2 unspecified atom stereocenters. The summed E-state index contributed by atoms with van der Waals surface area (Å²) in [5.41, 5.74) is 5.74. The van der Waals surface area contributed by atoms with Gasteiger partial charge in [-0.05, 0) is 40.5 Å². The molecule has 7 rings (SSSR count). The lowest BCUT2D eigenvalue weighted by Gasteiger charge is -2.49. The maximum atomic E-state index is 14.2. The first-order valence-corrected chi connectivity index (χ1v) is 11.6. The number of carbonyl (C=O) groups excluding carboxylic acids is 1. The molecule has 3 aliphatic carbocycles. The molecule has 5 atom stereocenters. The van der Waals surface area contributed by atoms with E-state index in [2.05, 4.69) is 84.9 Å². The van der Waals surface area contributed by atoms with E-state index < -0.39 is 5.41 Å². The van der Waals surface area contributed by atoms with E-state index in [0.717, 1.165) is 12.0 Å². The molecule has 1 nitrogen and oxygen atoms in total. The molecular weight excluding hydrogens is 388 g/mol. The van der Waals surface area contributed by atoms with Crippen LogP contribution in [0.15, 0.2) is 115 Å². The molecule has 32 heavy (non-hydrogen) atoms. The molecular formula is C31H24O. The summed E-state index contributed by atoms with van der Waals surface area (Å²) < 4.78 is 0. The number of hydrogen-bond donors (Lipinski definition) is 0. The molecule has 0 amide bonds. The van der Waals surface area contributed by atoms with Crippen LogP contribution in [-0.2, 0) is 10.8 Å². The molecule has 0 saturated heterocycles. The third kappa shape index (κ3) is 2.02. The first kappa shape index (κ1) is 18.2. The number of carbonyl (C=O) groups is 1. The summed E-state index contributed by atoms with van der Waals surface area (Å²) in [6, 6.07) is 40.7. The summed E-state index contributed by atoms with van der Waals surface area (Å²) >= 11 is 0. The van der Waals surface area contributed by atoms with Crippen LogP contribution in [0.1, 0.15) is 45.0 Å². The van der Waals surface area contributed by atoms with Gasteiger partial charge in [0.1, 0.15) is 0 Å². The van der Waals surface area contributed by atoms with Gasteiger partial charge in [-0.1, -0.05) is 115 Å². The van der Waals surface area contributed by atoms with Crippen molar-refractivity contribution in [3.63, 3.8) is 0 Å². The Morgan fingerprint density at radius 1 is 0.656 bits per heavy atom. The molecule has 4 aromatic rings. The van der Waals surface area contributed by atoms with Crippen molar-refractivity contribution in [1.82, 2.24) is 0 Å². The monoisotopic (exact) mass is 412 g/mol. The zero-order chi connectivity index (χ0) is 21.3. The van der Waals surface area contributed by atoms with Gasteiger partial charge in [-0.3, -0.25) is 4.79 Å². The Hall–Kier alpha value is -3.45. The van der Waals surface area contributed by atoms with Crippen molar-refractivity contribution in [3.05, 3.63) is 143 Å². The smallest absolute Gasteiger partial charge is 0.173 e. The van der Waals surface area contributed by atoms with Gasteiger partial charge in [0, 0.05) is 16.9 Å². The molecule has 0 aliphatic heterocycles. The molecule has 1 heteroatoms. The average molecular weight is 413 g/mol. The molecule has 2 bridgehead atoms. The SMILES string of the molecule is O=C(c1ccccc1)C12c3ccccc3[C@@]3(c4ccccc4)C[C@@H]1C2[C@H]3c1ccccc1. The molecule has 154 valence electrons. The van der Waals surface area contributed by atoms with Crippen LogP contribution < -0.4 is 0 Å². The highest BCUT2D eigenvalue weighted by Gasteiger charge is 2.83. The second-order valence-corrected chi connectivity index (χ2v) is 9.67. The van der Waals surface area contributed by atoms with Crippen molar-refractivity contribution < 1.29 is 4.79 Å². The number of benzene rings is 4. The fourth-order valence-electron chi connectivity index (χ4n) is 7.55. The summed E-state index contributed by atoms with van der Waals surface area (Å²) in [5.74, 6) is 1.34. The van der Waals surface area contributed by atoms with E-state index in [4.69, 9.17) is 0 Å². The maximum absolute atomic E-state index is 14.2. The van der Waals surface area contributed by atoms with Gasteiger partial charge in [-0.2, -0.15) is 0 Å². The minimum absolute atomic E-state index is 0.0761. The Morgan fingerprint density at radius 2 is 1.22 bits per heavy atom. The third-order valence-electron chi connectivity index (χ3n) is 8.58. The molecule has 2 fully saturated rings. The van der Waals surface area contributed by atoms with Gasteiger partial charge < -0.3 is 0 Å².